The summed E-state index contributed by atoms with van der Waals surface area (Å²) in [4.78, 5) is 32.7. The molecule has 1 aliphatic heterocycles. The fraction of sp³-hybridized carbons (Fsp3) is 0.357. The van der Waals surface area contributed by atoms with Crippen LogP contribution in [-0.4, -0.2) is 46.6 Å². The van der Waals surface area contributed by atoms with E-state index < -0.39 is 28.8 Å². The molecule has 1 saturated heterocycles. The summed E-state index contributed by atoms with van der Waals surface area (Å²) in [5.41, 5.74) is 13.6. The summed E-state index contributed by atoms with van der Waals surface area (Å²) in [6.07, 6.45) is 5.87. The molecule has 9 nitrogen and oxygen atoms in total. The lowest BCUT2D eigenvalue weighted by Crippen LogP contribution is -2.31. The Bertz CT molecular complexity index is 1560. The molecule has 202 valence electrons. The maximum absolute atomic E-state index is 14.4. The second kappa shape index (κ2) is 8.98. The zero-order chi connectivity index (χ0) is 27.5. The van der Waals surface area contributed by atoms with Gasteiger partial charge in [-0.3, -0.25) is 14.6 Å². The Labute approximate surface area is 223 Å². The molecular weight excluding hydrogens is 504 g/mol. The molecule has 2 aliphatic carbocycles. The molecule has 2 aromatic carbocycles. The van der Waals surface area contributed by atoms with E-state index >= 15 is 0 Å². The number of hydrogen-bond acceptors (Lipinski definition) is 7. The van der Waals surface area contributed by atoms with Crippen LogP contribution in [0.5, 0.6) is 0 Å². The second-order valence-corrected chi connectivity index (χ2v) is 11.1. The van der Waals surface area contributed by atoms with Crippen molar-refractivity contribution in [3.05, 3.63) is 75.7 Å². The molecular formula is C28H29F2N7O2. The van der Waals surface area contributed by atoms with Gasteiger partial charge in [0.15, 0.2) is 11.6 Å². The van der Waals surface area contributed by atoms with E-state index in [1.807, 2.05) is 0 Å². The average molecular weight is 534 g/mol. The smallest absolute Gasteiger partial charge is 0.276 e. The molecule has 1 amide bonds. The molecule has 39 heavy (non-hydrogen) atoms. The summed E-state index contributed by atoms with van der Waals surface area (Å²) in [6.45, 7) is 3.41. The molecule has 0 unspecified atom stereocenters. The number of nitrogens with zero attached hydrogens (tertiary/aromatic N) is 4. The number of para-hydroxylation sites is 1. The molecule has 1 atom stereocenters. The first-order valence-corrected chi connectivity index (χ1v) is 12.9. The first kappa shape index (κ1) is 25.2. The summed E-state index contributed by atoms with van der Waals surface area (Å²) in [6, 6.07) is 8.86. The van der Waals surface area contributed by atoms with Crippen molar-refractivity contribution in [1.82, 2.24) is 9.78 Å². The van der Waals surface area contributed by atoms with Crippen LogP contribution >= 0.6 is 0 Å². The molecule has 2 saturated carbocycles. The highest BCUT2D eigenvalue weighted by Crippen LogP contribution is 2.54. The molecule has 2 heterocycles. The van der Waals surface area contributed by atoms with Gasteiger partial charge in [0.25, 0.3) is 11.5 Å². The predicted octanol–water partition coefficient (Wildman–Crippen LogP) is 3.24. The normalized spacial score (nSPS) is 20.5. The maximum atomic E-state index is 14.4. The number of nitrogens with two attached hydrogens (primary N) is 2. The molecule has 1 spiro atoms. The number of rotatable bonds is 6. The molecule has 0 bridgehead atoms. The van der Waals surface area contributed by atoms with Gasteiger partial charge in [0.05, 0.1) is 16.9 Å². The SMILES string of the molecule is CC1(N=Cc2c(N)ccc(NC(=O)c3ccc(=O)n(-c4c(F)cccc4F)n3)c2N2C[C@H](N)C3(CC3)C2)CC1. The largest absolute Gasteiger partial charge is 0.398 e. The van der Waals surface area contributed by atoms with Crippen LogP contribution in [-0.2, 0) is 0 Å². The number of aliphatic imine (C=N–C) groups is 1. The number of carbonyl (C=O) groups excluding carboxylic acids is 1. The van der Waals surface area contributed by atoms with Gasteiger partial charge in [-0.05, 0) is 62.9 Å². The van der Waals surface area contributed by atoms with E-state index in [-0.39, 0.29) is 22.7 Å². The van der Waals surface area contributed by atoms with Crippen molar-refractivity contribution in [3.63, 3.8) is 0 Å². The number of nitrogen functional groups attached to an aromatic ring is 1. The molecule has 1 aromatic heterocycles. The van der Waals surface area contributed by atoms with Crippen LogP contribution < -0.4 is 27.2 Å². The number of carbonyl (C=O) groups is 1. The van der Waals surface area contributed by atoms with Gasteiger partial charge >= 0.3 is 0 Å². The van der Waals surface area contributed by atoms with Crippen molar-refractivity contribution < 1.29 is 13.6 Å². The van der Waals surface area contributed by atoms with E-state index in [1.54, 1.807) is 18.3 Å². The van der Waals surface area contributed by atoms with Crippen molar-refractivity contribution in [1.29, 1.82) is 0 Å². The van der Waals surface area contributed by atoms with Crippen molar-refractivity contribution in [2.45, 2.75) is 44.2 Å². The monoisotopic (exact) mass is 533 g/mol. The molecule has 5 N–H and O–H groups in total. The molecule has 6 rings (SSSR count). The third-order valence-corrected chi connectivity index (χ3v) is 8.08. The van der Waals surface area contributed by atoms with Gasteiger partial charge in [0.1, 0.15) is 11.4 Å². The van der Waals surface area contributed by atoms with Crippen LogP contribution in [0.4, 0.5) is 25.8 Å². The number of amides is 1. The topological polar surface area (TPSA) is 132 Å². The Hall–Kier alpha value is -4.12. The summed E-state index contributed by atoms with van der Waals surface area (Å²) >= 11 is 0. The van der Waals surface area contributed by atoms with Gasteiger partial charge in [-0.1, -0.05) is 6.07 Å². The van der Waals surface area contributed by atoms with Crippen LogP contribution in [0, 0.1) is 17.0 Å². The maximum Gasteiger partial charge on any atom is 0.276 e. The number of halogens is 2. The minimum absolute atomic E-state index is 0.00545. The summed E-state index contributed by atoms with van der Waals surface area (Å²) < 4.78 is 29.3. The Morgan fingerprint density at radius 2 is 1.82 bits per heavy atom. The third-order valence-electron chi connectivity index (χ3n) is 8.08. The summed E-state index contributed by atoms with van der Waals surface area (Å²) in [5.74, 6) is -2.61. The van der Waals surface area contributed by atoms with E-state index in [2.05, 4.69) is 22.2 Å². The average Bonchev–Trinajstić information content (AvgIpc) is 3.80. The number of nitrogens with one attached hydrogen (secondary N) is 1. The van der Waals surface area contributed by atoms with Crippen LogP contribution in [0.25, 0.3) is 5.69 Å². The van der Waals surface area contributed by atoms with Crippen molar-refractivity contribution in [3.8, 4) is 5.69 Å². The number of anilines is 3. The van der Waals surface area contributed by atoms with Gasteiger partial charge < -0.3 is 21.7 Å². The van der Waals surface area contributed by atoms with Crippen LogP contribution in [0.15, 0.2) is 52.3 Å². The fourth-order valence-electron chi connectivity index (χ4n) is 5.15. The van der Waals surface area contributed by atoms with E-state index in [1.165, 1.54) is 12.1 Å². The molecule has 3 aliphatic rings. The van der Waals surface area contributed by atoms with Crippen LogP contribution in [0.2, 0.25) is 0 Å². The Morgan fingerprint density at radius 1 is 1.10 bits per heavy atom. The van der Waals surface area contributed by atoms with Crippen molar-refractivity contribution >= 4 is 29.2 Å². The lowest BCUT2D eigenvalue weighted by molar-refractivity contribution is 0.102. The lowest BCUT2D eigenvalue weighted by Gasteiger charge is -2.25. The number of aromatic nitrogens is 2. The predicted molar refractivity (Wildman–Crippen MR) is 146 cm³/mol. The lowest BCUT2D eigenvalue weighted by atomic mass is 10.0. The van der Waals surface area contributed by atoms with Gasteiger partial charge in [-0.2, -0.15) is 9.78 Å². The Balaban J connectivity index is 1.38. The summed E-state index contributed by atoms with van der Waals surface area (Å²) in [7, 11) is 0. The minimum atomic E-state index is -0.976. The van der Waals surface area contributed by atoms with Gasteiger partial charge in [0.2, 0.25) is 0 Å². The van der Waals surface area contributed by atoms with Crippen molar-refractivity contribution in [2.75, 3.05) is 29.0 Å². The first-order chi connectivity index (χ1) is 18.6. The molecule has 0 radical (unpaired) electrons. The Morgan fingerprint density at radius 3 is 2.46 bits per heavy atom. The van der Waals surface area contributed by atoms with Gasteiger partial charge in [-0.15, -0.1) is 0 Å². The van der Waals surface area contributed by atoms with Crippen LogP contribution in [0.3, 0.4) is 0 Å². The fourth-order valence-corrected chi connectivity index (χ4v) is 5.15. The highest BCUT2D eigenvalue weighted by molar-refractivity contribution is 6.08. The first-order valence-electron chi connectivity index (χ1n) is 12.9. The summed E-state index contributed by atoms with van der Waals surface area (Å²) in [5, 5.41) is 6.85. The van der Waals surface area contributed by atoms with E-state index in [0.717, 1.165) is 50.4 Å². The quantitative estimate of drug-likeness (QED) is 0.329. The second-order valence-electron chi connectivity index (χ2n) is 11.1. The van der Waals surface area contributed by atoms with Gasteiger partial charge in [-0.25, -0.2) is 8.78 Å². The standard InChI is InChI=1S/C28H29F2N7O2/c1-27(9-10-27)33-13-16-19(31)5-6-20(24(16)36-14-22(32)28(15-36)11-12-28)34-26(39)21-7-8-23(38)37(35-21)25-17(29)3-2-4-18(25)30/h2-8,13,22H,9-12,14-15,31-32H2,1H3,(H,34,39)/t22-/m0/s1. The Kier molecular flexibility index (Phi) is 5.79. The zero-order valence-corrected chi connectivity index (χ0v) is 21.5. The highest BCUT2D eigenvalue weighted by atomic mass is 19.1. The zero-order valence-electron chi connectivity index (χ0n) is 21.5. The van der Waals surface area contributed by atoms with E-state index in [9.17, 15) is 18.4 Å². The number of benzene rings is 2. The van der Waals surface area contributed by atoms with Crippen LogP contribution in [0.1, 0.15) is 48.7 Å². The number of hydrogen-bond donors (Lipinski definition) is 3. The highest BCUT2D eigenvalue weighted by Gasteiger charge is 2.54. The molecule has 11 heteroatoms. The molecule has 3 fully saturated rings. The van der Waals surface area contributed by atoms with Crippen molar-refractivity contribution in [2.24, 2.45) is 16.1 Å². The molecule has 3 aromatic rings. The minimum Gasteiger partial charge on any atom is -0.398 e. The van der Waals surface area contributed by atoms with E-state index in [0.29, 0.717) is 33.9 Å². The van der Waals surface area contributed by atoms with Gasteiger partial charge in [0, 0.05) is 48.1 Å². The van der Waals surface area contributed by atoms with E-state index in [4.69, 9.17) is 16.5 Å². The third kappa shape index (κ3) is 4.56.